The summed E-state index contributed by atoms with van der Waals surface area (Å²) in [5.74, 6) is 6.55. The SMILES string of the molecule is CC1=C(C(C)C)C(C)C(C)CC1C1=CC2=C3B(C4CCC(C(C)(C)C)CC4N2C2C=C(C(C)(C)C)C=CC2)C2CC(C(C)(C)C)CC4C2N(C3C1)C(C)(C)C41CCCCC1. The van der Waals surface area contributed by atoms with Gasteiger partial charge in [-0.2, -0.15) is 0 Å². The fraction of sp³-hybridized carbons (Fsp3) is 0.825. The van der Waals surface area contributed by atoms with Gasteiger partial charge in [0.1, 0.15) is 0 Å². The molecule has 2 nitrogen and oxygen atoms in total. The van der Waals surface area contributed by atoms with Crippen molar-refractivity contribution >= 4 is 6.71 Å². The highest BCUT2D eigenvalue weighted by Gasteiger charge is 2.72. The molecule has 0 aromatic carbocycles. The third-order valence-electron chi connectivity index (χ3n) is 20.8. The van der Waals surface area contributed by atoms with Gasteiger partial charge in [-0.15, -0.1) is 0 Å². The summed E-state index contributed by atoms with van der Waals surface area (Å²) in [6.07, 6.45) is 28.9. The molecule has 6 aliphatic carbocycles. The molecule has 3 heterocycles. The summed E-state index contributed by atoms with van der Waals surface area (Å²) in [6, 6.07) is 2.32. The summed E-state index contributed by atoms with van der Waals surface area (Å²) in [5, 5.41) is 0. The van der Waals surface area contributed by atoms with E-state index in [9.17, 15) is 0 Å². The Morgan fingerprint density at radius 3 is 2.13 bits per heavy atom. The molecule has 3 heteroatoms. The van der Waals surface area contributed by atoms with Gasteiger partial charge < -0.3 is 4.90 Å². The molecule has 5 fully saturated rings. The first-order valence-electron chi connectivity index (χ1n) is 26.1. The smallest absolute Gasteiger partial charge is 0.185 e. The van der Waals surface area contributed by atoms with E-state index >= 15 is 0 Å². The lowest BCUT2D eigenvalue weighted by molar-refractivity contribution is -0.00413. The van der Waals surface area contributed by atoms with Crippen LogP contribution in [0.15, 0.2) is 57.8 Å². The third kappa shape index (κ3) is 6.60. The molecule has 3 aliphatic heterocycles. The van der Waals surface area contributed by atoms with Crippen LogP contribution in [-0.2, 0) is 0 Å². The summed E-state index contributed by atoms with van der Waals surface area (Å²) in [7, 11) is 0. The lowest BCUT2D eigenvalue weighted by atomic mass is 9.21. The number of nitrogens with zero attached hydrogens (tertiary/aromatic N) is 2. The molecule has 0 aromatic rings. The lowest BCUT2D eigenvalue weighted by Gasteiger charge is -2.64. The second-order valence-electron chi connectivity index (χ2n) is 27.2. The maximum atomic E-state index is 3.39. The largest absolute Gasteiger partial charge is 0.363 e. The highest BCUT2D eigenvalue weighted by Crippen LogP contribution is 2.72. The lowest BCUT2D eigenvalue weighted by Crippen LogP contribution is -2.68. The van der Waals surface area contributed by atoms with E-state index < -0.39 is 0 Å². The summed E-state index contributed by atoms with van der Waals surface area (Å²) < 4.78 is 0. The summed E-state index contributed by atoms with van der Waals surface area (Å²) in [4.78, 5) is 6.59. The van der Waals surface area contributed by atoms with Crippen molar-refractivity contribution < 1.29 is 0 Å². The normalized spacial score (nSPS) is 40.4. The Morgan fingerprint density at radius 1 is 0.817 bits per heavy atom. The predicted molar refractivity (Wildman–Crippen MR) is 259 cm³/mol. The van der Waals surface area contributed by atoms with Crippen LogP contribution in [0.25, 0.3) is 0 Å². The van der Waals surface area contributed by atoms with Crippen molar-refractivity contribution in [2.45, 2.75) is 236 Å². The van der Waals surface area contributed by atoms with E-state index in [0.29, 0.717) is 52.1 Å². The number of hydrogen-bond acceptors (Lipinski definition) is 2. The third-order valence-corrected chi connectivity index (χ3v) is 20.8. The van der Waals surface area contributed by atoms with Gasteiger partial charge in [0.2, 0.25) is 0 Å². The van der Waals surface area contributed by atoms with E-state index in [1.165, 1.54) is 77.0 Å². The molecule has 0 aromatic heterocycles. The Labute approximate surface area is 371 Å². The van der Waals surface area contributed by atoms with Gasteiger partial charge in [0.05, 0.1) is 6.04 Å². The van der Waals surface area contributed by atoms with Gasteiger partial charge in [0, 0.05) is 35.3 Å². The van der Waals surface area contributed by atoms with Crippen molar-refractivity contribution in [1.29, 1.82) is 0 Å². The standard InChI is InChI=1S/C57H91BN2/c1-34(2)50-36(4)35(3)27-43(37(50)5)38-28-48-51-49(29-38)60-52-44(57(56(60,15)16)25-18-17-19-26-57)31-41(55(12,13)14)32-46(52)58(51)45-24-23-40(54(9,10)11)33-47(45)59(48)42-22-20-21-39(30-42)53(6,7)8/h20-21,28,30,34-36,40-47,49,52H,17-19,22-27,29,31-33H2,1-16H3. The van der Waals surface area contributed by atoms with Gasteiger partial charge in [-0.05, 0) is 146 Å². The zero-order valence-corrected chi connectivity index (χ0v) is 42.0. The van der Waals surface area contributed by atoms with Crippen molar-refractivity contribution in [2.75, 3.05) is 0 Å². The monoisotopic (exact) mass is 815 g/mol. The van der Waals surface area contributed by atoms with Gasteiger partial charge in [-0.1, -0.05) is 169 Å². The highest BCUT2D eigenvalue weighted by molar-refractivity contribution is 6.71. The first kappa shape index (κ1) is 43.8. The maximum Gasteiger partial charge on any atom is 0.185 e. The zero-order chi connectivity index (χ0) is 43.2. The van der Waals surface area contributed by atoms with Gasteiger partial charge >= 0.3 is 0 Å². The van der Waals surface area contributed by atoms with Crippen LogP contribution in [0.1, 0.15) is 194 Å². The topological polar surface area (TPSA) is 6.48 Å². The Balaban J connectivity index is 1.31. The quantitative estimate of drug-likeness (QED) is 0.207. The molecule has 0 amide bonds. The molecule has 12 unspecified atom stereocenters. The second kappa shape index (κ2) is 14.8. The molecule has 9 rings (SSSR count). The molecule has 60 heavy (non-hydrogen) atoms. The second-order valence-corrected chi connectivity index (χ2v) is 27.2. The molecule has 0 bridgehead atoms. The molecule has 332 valence electrons. The Kier molecular flexibility index (Phi) is 10.8. The van der Waals surface area contributed by atoms with E-state index in [1.807, 2.05) is 11.0 Å². The minimum absolute atomic E-state index is 0.149. The summed E-state index contributed by atoms with van der Waals surface area (Å²) in [6.45, 7) is 42.0. The van der Waals surface area contributed by atoms with Crippen LogP contribution < -0.4 is 0 Å². The van der Waals surface area contributed by atoms with Crippen molar-refractivity contribution in [3.05, 3.63) is 57.8 Å². The van der Waals surface area contributed by atoms with Crippen molar-refractivity contribution in [3.8, 4) is 0 Å². The summed E-state index contributed by atoms with van der Waals surface area (Å²) >= 11 is 0. The molecule has 1 spiro atoms. The van der Waals surface area contributed by atoms with Crippen LogP contribution in [0.4, 0.5) is 0 Å². The fourth-order valence-corrected chi connectivity index (χ4v) is 17.6. The number of allylic oxidation sites excluding steroid dienone is 5. The first-order valence-corrected chi connectivity index (χ1v) is 26.1. The van der Waals surface area contributed by atoms with E-state index in [-0.39, 0.29) is 11.0 Å². The molecule has 2 saturated heterocycles. The average Bonchev–Trinajstić information content (AvgIpc) is 3.35. The van der Waals surface area contributed by atoms with Crippen LogP contribution in [-0.4, -0.2) is 46.2 Å². The molecule has 0 radical (unpaired) electrons. The van der Waals surface area contributed by atoms with Crippen molar-refractivity contribution in [3.63, 3.8) is 0 Å². The van der Waals surface area contributed by atoms with E-state index in [2.05, 4.69) is 145 Å². The van der Waals surface area contributed by atoms with Gasteiger partial charge in [-0.25, -0.2) is 0 Å². The number of hydrogen-bond donors (Lipinski definition) is 0. The minimum atomic E-state index is 0.149. The summed E-state index contributed by atoms with van der Waals surface area (Å²) in [5.41, 5.74) is 12.0. The minimum Gasteiger partial charge on any atom is -0.363 e. The predicted octanol–water partition coefficient (Wildman–Crippen LogP) is 15.3. The maximum absolute atomic E-state index is 3.39. The number of rotatable bonds is 3. The van der Waals surface area contributed by atoms with Crippen LogP contribution in [0.5, 0.6) is 0 Å². The molecule has 9 aliphatic rings. The van der Waals surface area contributed by atoms with E-state index in [4.69, 9.17) is 0 Å². The van der Waals surface area contributed by atoms with Crippen LogP contribution in [0.2, 0.25) is 11.6 Å². The Bertz CT molecular complexity index is 1840. The number of fused-ring (bicyclic) bond motifs is 5. The van der Waals surface area contributed by atoms with Gasteiger partial charge in [0.15, 0.2) is 6.71 Å². The molecule has 3 saturated carbocycles. The Hall–Kier alpha value is -1.48. The van der Waals surface area contributed by atoms with Crippen molar-refractivity contribution in [2.24, 2.45) is 63.1 Å². The fourth-order valence-electron chi connectivity index (χ4n) is 17.6. The van der Waals surface area contributed by atoms with E-state index in [0.717, 1.165) is 54.5 Å². The zero-order valence-electron chi connectivity index (χ0n) is 42.0. The van der Waals surface area contributed by atoms with Gasteiger partial charge in [-0.3, -0.25) is 4.90 Å². The average molecular weight is 815 g/mol. The van der Waals surface area contributed by atoms with Crippen LogP contribution in [0, 0.1) is 63.1 Å². The highest BCUT2D eigenvalue weighted by atomic mass is 15.3. The molecule has 12 atom stereocenters. The van der Waals surface area contributed by atoms with E-state index in [1.54, 1.807) is 22.4 Å². The van der Waals surface area contributed by atoms with Crippen LogP contribution in [0.3, 0.4) is 0 Å². The van der Waals surface area contributed by atoms with Crippen molar-refractivity contribution in [1.82, 2.24) is 9.80 Å². The molecule has 0 N–H and O–H groups in total. The van der Waals surface area contributed by atoms with Gasteiger partial charge in [0.25, 0.3) is 0 Å². The molecular weight excluding hydrogens is 723 g/mol. The van der Waals surface area contributed by atoms with Crippen LogP contribution >= 0.6 is 0 Å². The Morgan fingerprint density at radius 2 is 1.50 bits per heavy atom. The first-order chi connectivity index (χ1) is 28.0. The molecular formula is C57H91BN2.